The fourth-order valence-electron chi connectivity index (χ4n) is 4.32. The molecule has 7 heteroatoms. The number of halogens is 1. The van der Waals surface area contributed by atoms with Crippen molar-refractivity contribution in [2.24, 2.45) is 0 Å². The highest BCUT2D eigenvalue weighted by molar-refractivity contribution is 6.02. The van der Waals surface area contributed by atoms with Gasteiger partial charge in [0.05, 0.1) is 5.56 Å². The summed E-state index contributed by atoms with van der Waals surface area (Å²) in [5.41, 5.74) is 5.70. The number of aromatic nitrogens is 1. The Balaban J connectivity index is 1.83. The van der Waals surface area contributed by atoms with E-state index in [9.17, 15) is 14.3 Å². The molecular formula is C26H30FN3O3. The van der Waals surface area contributed by atoms with Crippen LogP contribution < -0.4 is 5.32 Å². The highest BCUT2D eigenvalue weighted by Crippen LogP contribution is 2.40. The lowest BCUT2D eigenvalue weighted by molar-refractivity contribution is 0.0920. The van der Waals surface area contributed by atoms with Crippen molar-refractivity contribution in [3.05, 3.63) is 58.8 Å². The first-order valence-corrected chi connectivity index (χ1v) is 11.4. The van der Waals surface area contributed by atoms with Crippen molar-refractivity contribution in [1.29, 1.82) is 0 Å². The summed E-state index contributed by atoms with van der Waals surface area (Å²) in [4.78, 5) is 14.9. The quantitative estimate of drug-likeness (QED) is 0.533. The van der Waals surface area contributed by atoms with Crippen molar-refractivity contribution in [2.75, 3.05) is 26.3 Å². The van der Waals surface area contributed by atoms with Gasteiger partial charge >= 0.3 is 0 Å². The number of fused-ring (bicyclic) bond motifs is 1. The number of hydrogen-bond donors (Lipinski definition) is 2. The van der Waals surface area contributed by atoms with E-state index in [2.05, 4.69) is 35.3 Å². The van der Waals surface area contributed by atoms with Crippen LogP contribution in [0.2, 0.25) is 0 Å². The number of carbonyl (C=O) groups is 1. The van der Waals surface area contributed by atoms with Gasteiger partial charge in [-0.3, -0.25) is 9.69 Å². The molecule has 6 nitrogen and oxygen atoms in total. The fourth-order valence-corrected chi connectivity index (χ4v) is 4.32. The molecule has 4 rings (SSSR count). The van der Waals surface area contributed by atoms with Crippen molar-refractivity contribution < 1.29 is 18.8 Å². The molecule has 1 amide bonds. The molecule has 0 bridgehead atoms. The monoisotopic (exact) mass is 451 g/mol. The molecule has 1 aliphatic heterocycles. The van der Waals surface area contributed by atoms with E-state index in [1.165, 1.54) is 0 Å². The van der Waals surface area contributed by atoms with E-state index in [1.54, 1.807) is 6.07 Å². The number of rotatable bonds is 7. The maximum atomic E-state index is 12.8. The lowest BCUT2D eigenvalue weighted by atomic mass is 9.91. The normalized spacial score (nSPS) is 13.8. The molecule has 0 aliphatic carbocycles. The standard InChI is InChI=1S/C26H30FN3O3/c1-4-28-26(32)25-23(19-5-6-20-15-30(12-10-27)11-9-18(20)13-19)24(29-33-25)21-14-17(16(2)3)7-8-22(21)31/h5-8,13-14,16,31H,4,9-12,15H2,1-3H3,(H,28,32). The van der Waals surface area contributed by atoms with E-state index in [-0.39, 0.29) is 30.0 Å². The van der Waals surface area contributed by atoms with Gasteiger partial charge < -0.3 is 14.9 Å². The van der Waals surface area contributed by atoms with E-state index in [4.69, 9.17) is 4.52 Å². The Morgan fingerprint density at radius 3 is 2.79 bits per heavy atom. The van der Waals surface area contributed by atoms with E-state index in [1.807, 2.05) is 31.2 Å². The van der Waals surface area contributed by atoms with Gasteiger partial charge in [-0.25, -0.2) is 4.39 Å². The van der Waals surface area contributed by atoms with Gasteiger partial charge in [0.2, 0.25) is 5.76 Å². The van der Waals surface area contributed by atoms with E-state index in [0.29, 0.717) is 36.5 Å². The summed E-state index contributed by atoms with van der Waals surface area (Å²) in [7, 11) is 0. The van der Waals surface area contributed by atoms with Gasteiger partial charge in [0.25, 0.3) is 5.91 Å². The Bertz CT molecular complexity index is 1160. The maximum absolute atomic E-state index is 12.8. The SMILES string of the molecule is CCNC(=O)c1onc(-c2cc(C(C)C)ccc2O)c1-c1ccc2c(c1)CCN(CCF)C2. The molecular weight excluding hydrogens is 421 g/mol. The van der Waals surface area contributed by atoms with Gasteiger partial charge in [0, 0.05) is 31.7 Å². The highest BCUT2D eigenvalue weighted by atomic mass is 19.1. The average molecular weight is 452 g/mol. The maximum Gasteiger partial charge on any atom is 0.290 e. The Labute approximate surface area is 193 Å². The van der Waals surface area contributed by atoms with Crippen molar-refractivity contribution >= 4 is 5.91 Å². The number of alkyl halides is 1. The summed E-state index contributed by atoms with van der Waals surface area (Å²) in [6.07, 6.45) is 0.800. The molecule has 3 aromatic rings. The van der Waals surface area contributed by atoms with Gasteiger partial charge in [-0.05, 0) is 53.6 Å². The van der Waals surface area contributed by atoms with Crippen LogP contribution in [-0.2, 0) is 13.0 Å². The Hall–Kier alpha value is -3.19. The number of carbonyl (C=O) groups excluding carboxylic acids is 1. The number of nitrogens with one attached hydrogen (secondary N) is 1. The van der Waals surface area contributed by atoms with Crippen LogP contribution in [0.4, 0.5) is 4.39 Å². The second-order valence-corrected chi connectivity index (χ2v) is 8.72. The molecule has 1 aliphatic rings. The third kappa shape index (κ3) is 4.64. The number of aromatic hydroxyl groups is 1. The van der Waals surface area contributed by atoms with Gasteiger partial charge in [-0.15, -0.1) is 0 Å². The van der Waals surface area contributed by atoms with Crippen molar-refractivity contribution in [2.45, 2.75) is 39.7 Å². The molecule has 0 spiro atoms. The minimum absolute atomic E-state index is 0.0798. The van der Waals surface area contributed by atoms with Crippen LogP contribution in [-0.4, -0.2) is 47.4 Å². The van der Waals surface area contributed by atoms with Crippen molar-refractivity contribution in [1.82, 2.24) is 15.4 Å². The molecule has 174 valence electrons. The molecule has 0 fully saturated rings. The molecule has 0 saturated heterocycles. The second-order valence-electron chi connectivity index (χ2n) is 8.72. The van der Waals surface area contributed by atoms with Crippen molar-refractivity contribution in [3.8, 4) is 28.1 Å². The Morgan fingerprint density at radius 1 is 1.24 bits per heavy atom. The lowest BCUT2D eigenvalue weighted by Gasteiger charge is -2.28. The fraction of sp³-hybridized carbons (Fsp3) is 0.385. The predicted octanol–water partition coefficient (Wildman–Crippen LogP) is 4.91. The molecule has 2 N–H and O–H groups in total. The van der Waals surface area contributed by atoms with Gasteiger partial charge in [0.15, 0.2) is 0 Å². The third-order valence-corrected chi connectivity index (χ3v) is 6.17. The molecule has 0 atom stereocenters. The summed E-state index contributed by atoms with van der Waals surface area (Å²) in [5, 5.41) is 17.7. The van der Waals surface area contributed by atoms with Crippen LogP contribution in [0.3, 0.4) is 0 Å². The Morgan fingerprint density at radius 2 is 2.06 bits per heavy atom. The first kappa shape index (κ1) is 23.0. The number of phenolic OH excluding ortho intramolecular Hbond substituents is 1. The first-order chi connectivity index (χ1) is 15.9. The summed E-state index contributed by atoms with van der Waals surface area (Å²) in [5.74, 6) is 0.114. The summed E-state index contributed by atoms with van der Waals surface area (Å²) < 4.78 is 18.3. The summed E-state index contributed by atoms with van der Waals surface area (Å²) >= 11 is 0. The van der Waals surface area contributed by atoms with Gasteiger partial charge in [0.1, 0.15) is 18.1 Å². The van der Waals surface area contributed by atoms with Gasteiger partial charge in [-0.2, -0.15) is 0 Å². The average Bonchev–Trinajstić information content (AvgIpc) is 3.24. The molecule has 0 saturated carbocycles. The van der Waals surface area contributed by atoms with Crippen molar-refractivity contribution in [3.63, 3.8) is 0 Å². The zero-order valence-electron chi connectivity index (χ0n) is 19.3. The molecule has 0 radical (unpaired) electrons. The number of amides is 1. The smallest absolute Gasteiger partial charge is 0.290 e. The third-order valence-electron chi connectivity index (χ3n) is 6.17. The summed E-state index contributed by atoms with van der Waals surface area (Å²) in [6, 6.07) is 11.5. The van der Waals surface area contributed by atoms with Gasteiger partial charge in [-0.1, -0.05) is 43.3 Å². The van der Waals surface area contributed by atoms with E-state index < -0.39 is 0 Å². The first-order valence-electron chi connectivity index (χ1n) is 11.4. The molecule has 2 aromatic carbocycles. The number of benzene rings is 2. The number of phenols is 1. The van der Waals surface area contributed by atoms with Crippen LogP contribution in [0.25, 0.3) is 22.4 Å². The molecule has 33 heavy (non-hydrogen) atoms. The second kappa shape index (κ2) is 9.75. The summed E-state index contributed by atoms with van der Waals surface area (Å²) in [6.45, 7) is 8.03. The number of hydrogen-bond acceptors (Lipinski definition) is 5. The predicted molar refractivity (Wildman–Crippen MR) is 126 cm³/mol. The van der Waals surface area contributed by atoms with Crippen LogP contribution in [0.1, 0.15) is 53.9 Å². The minimum atomic E-state index is -0.355. The zero-order chi connectivity index (χ0) is 23.5. The lowest BCUT2D eigenvalue weighted by Crippen LogP contribution is -2.32. The topological polar surface area (TPSA) is 78.6 Å². The zero-order valence-corrected chi connectivity index (χ0v) is 19.3. The minimum Gasteiger partial charge on any atom is -0.507 e. The number of nitrogens with zero attached hydrogens (tertiary/aromatic N) is 2. The van der Waals surface area contributed by atoms with Crippen LogP contribution in [0.15, 0.2) is 40.9 Å². The molecule has 0 unspecified atom stereocenters. The van der Waals surface area contributed by atoms with Crippen LogP contribution in [0, 0.1) is 0 Å². The molecule has 2 heterocycles. The highest BCUT2D eigenvalue weighted by Gasteiger charge is 2.27. The van der Waals surface area contributed by atoms with Crippen LogP contribution >= 0.6 is 0 Å². The molecule has 1 aromatic heterocycles. The van der Waals surface area contributed by atoms with E-state index >= 15 is 0 Å². The van der Waals surface area contributed by atoms with Crippen LogP contribution in [0.5, 0.6) is 5.75 Å². The largest absolute Gasteiger partial charge is 0.507 e. The van der Waals surface area contributed by atoms with E-state index in [0.717, 1.165) is 35.2 Å². The Kier molecular flexibility index (Phi) is 6.79.